The zero-order valence-corrected chi connectivity index (χ0v) is 11.9. The first-order valence-electron chi connectivity index (χ1n) is 6.49. The van der Waals surface area contributed by atoms with Crippen LogP contribution in [-0.4, -0.2) is 28.6 Å². The minimum Gasteiger partial charge on any atom is -0.478 e. The SMILES string of the molecule is CSC1(CNc2c(N)cccc2C(=O)O)CCCC1. The van der Waals surface area contributed by atoms with Gasteiger partial charge in [-0.3, -0.25) is 0 Å². The van der Waals surface area contributed by atoms with E-state index in [9.17, 15) is 9.90 Å². The van der Waals surface area contributed by atoms with Crippen molar-refractivity contribution >= 4 is 29.1 Å². The molecule has 0 amide bonds. The maximum Gasteiger partial charge on any atom is 0.337 e. The average molecular weight is 280 g/mol. The van der Waals surface area contributed by atoms with Gasteiger partial charge in [-0.05, 0) is 31.2 Å². The molecule has 2 rings (SSSR count). The van der Waals surface area contributed by atoms with Gasteiger partial charge >= 0.3 is 5.97 Å². The van der Waals surface area contributed by atoms with Crippen LogP contribution in [0.3, 0.4) is 0 Å². The van der Waals surface area contributed by atoms with Gasteiger partial charge in [-0.25, -0.2) is 4.79 Å². The molecule has 0 heterocycles. The lowest BCUT2D eigenvalue weighted by Crippen LogP contribution is -2.30. The first kappa shape index (κ1) is 14.1. The third-order valence-corrected chi connectivity index (χ3v) is 5.28. The number of hydrogen-bond donors (Lipinski definition) is 3. The normalized spacial score (nSPS) is 17.3. The molecule has 0 bridgehead atoms. The van der Waals surface area contributed by atoms with Gasteiger partial charge in [-0.15, -0.1) is 0 Å². The zero-order chi connectivity index (χ0) is 13.9. The van der Waals surface area contributed by atoms with Gasteiger partial charge in [0.2, 0.25) is 0 Å². The smallest absolute Gasteiger partial charge is 0.337 e. The van der Waals surface area contributed by atoms with Gasteiger partial charge in [-0.1, -0.05) is 18.9 Å². The number of para-hydroxylation sites is 1. The van der Waals surface area contributed by atoms with Crippen LogP contribution in [0.15, 0.2) is 18.2 Å². The molecule has 5 heteroatoms. The number of carboxylic acids is 1. The monoisotopic (exact) mass is 280 g/mol. The summed E-state index contributed by atoms with van der Waals surface area (Å²) in [5.41, 5.74) is 7.19. The second-order valence-electron chi connectivity index (χ2n) is 5.02. The molecule has 1 aliphatic rings. The molecule has 0 unspecified atom stereocenters. The van der Waals surface area contributed by atoms with Crippen molar-refractivity contribution in [3.63, 3.8) is 0 Å². The predicted molar refractivity (Wildman–Crippen MR) is 81.0 cm³/mol. The zero-order valence-electron chi connectivity index (χ0n) is 11.1. The number of thioether (sulfide) groups is 1. The Kier molecular flexibility index (Phi) is 4.24. The number of nitrogens with two attached hydrogens (primary N) is 1. The summed E-state index contributed by atoms with van der Waals surface area (Å²) < 4.78 is 0.220. The second kappa shape index (κ2) is 5.74. The van der Waals surface area contributed by atoms with E-state index in [-0.39, 0.29) is 10.3 Å². The Morgan fingerprint density at radius 3 is 2.74 bits per heavy atom. The molecule has 0 aliphatic heterocycles. The van der Waals surface area contributed by atoms with Gasteiger partial charge in [0, 0.05) is 11.3 Å². The Balaban J connectivity index is 2.17. The third kappa shape index (κ3) is 2.97. The van der Waals surface area contributed by atoms with Gasteiger partial charge < -0.3 is 16.2 Å². The van der Waals surface area contributed by atoms with Crippen LogP contribution in [0, 0.1) is 0 Å². The first-order valence-corrected chi connectivity index (χ1v) is 7.71. The van der Waals surface area contributed by atoms with Crippen LogP contribution >= 0.6 is 11.8 Å². The molecule has 1 aromatic carbocycles. The molecular formula is C14H20N2O2S. The van der Waals surface area contributed by atoms with Gasteiger partial charge in [0.25, 0.3) is 0 Å². The lowest BCUT2D eigenvalue weighted by atomic mass is 10.1. The van der Waals surface area contributed by atoms with Gasteiger partial charge in [0.05, 0.1) is 16.9 Å². The summed E-state index contributed by atoms with van der Waals surface area (Å²) in [5.74, 6) is -0.945. The van der Waals surface area contributed by atoms with Crippen LogP contribution < -0.4 is 11.1 Å². The number of nitrogens with one attached hydrogen (secondary N) is 1. The summed E-state index contributed by atoms with van der Waals surface area (Å²) >= 11 is 1.87. The molecule has 0 atom stereocenters. The Bertz CT molecular complexity index is 471. The molecule has 0 saturated heterocycles. The van der Waals surface area contributed by atoms with Crippen molar-refractivity contribution < 1.29 is 9.90 Å². The van der Waals surface area contributed by atoms with Crippen molar-refractivity contribution in [3.05, 3.63) is 23.8 Å². The molecule has 0 spiro atoms. The number of nitrogen functional groups attached to an aromatic ring is 1. The van der Waals surface area contributed by atoms with Crippen LogP contribution in [0.25, 0.3) is 0 Å². The number of anilines is 2. The number of carboxylic acid groups (broad SMARTS) is 1. The third-order valence-electron chi connectivity index (χ3n) is 3.86. The van der Waals surface area contributed by atoms with Gasteiger partial charge in [0.1, 0.15) is 0 Å². The topological polar surface area (TPSA) is 75.3 Å². The molecule has 0 radical (unpaired) electrons. The van der Waals surface area contributed by atoms with Crippen LogP contribution in [-0.2, 0) is 0 Å². The fourth-order valence-electron chi connectivity index (χ4n) is 2.67. The Hall–Kier alpha value is -1.36. The molecule has 1 fully saturated rings. The van der Waals surface area contributed by atoms with Gasteiger partial charge in [-0.2, -0.15) is 11.8 Å². The number of carbonyl (C=O) groups is 1. The highest BCUT2D eigenvalue weighted by atomic mass is 32.2. The van der Waals surface area contributed by atoms with E-state index in [0.717, 1.165) is 6.54 Å². The summed E-state index contributed by atoms with van der Waals surface area (Å²) in [6, 6.07) is 4.99. The van der Waals surface area contributed by atoms with E-state index >= 15 is 0 Å². The molecule has 19 heavy (non-hydrogen) atoms. The predicted octanol–water partition coefficient (Wildman–Crippen LogP) is 3.05. The van der Waals surface area contributed by atoms with Crippen LogP contribution in [0.2, 0.25) is 0 Å². The number of hydrogen-bond acceptors (Lipinski definition) is 4. The lowest BCUT2D eigenvalue weighted by Gasteiger charge is -2.28. The van der Waals surface area contributed by atoms with Crippen molar-refractivity contribution in [2.75, 3.05) is 23.9 Å². The van der Waals surface area contributed by atoms with E-state index < -0.39 is 5.97 Å². The summed E-state index contributed by atoms with van der Waals surface area (Å²) in [7, 11) is 0. The maximum absolute atomic E-state index is 11.2. The van der Waals surface area contributed by atoms with E-state index in [2.05, 4.69) is 11.6 Å². The Morgan fingerprint density at radius 1 is 1.47 bits per heavy atom. The number of rotatable bonds is 5. The largest absolute Gasteiger partial charge is 0.478 e. The summed E-state index contributed by atoms with van der Waals surface area (Å²) in [4.78, 5) is 11.2. The van der Waals surface area contributed by atoms with E-state index in [4.69, 9.17) is 5.73 Å². The van der Waals surface area contributed by atoms with E-state index in [1.165, 1.54) is 25.7 Å². The summed E-state index contributed by atoms with van der Waals surface area (Å²) in [6.45, 7) is 0.767. The first-order chi connectivity index (χ1) is 9.08. The second-order valence-corrected chi connectivity index (χ2v) is 6.30. The minimum atomic E-state index is -0.945. The van der Waals surface area contributed by atoms with E-state index in [1.54, 1.807) is 18.2 Å². The number of benzene rings is 1. The average Bonchev–Trinajstić information content (AvgIpc) is 2.86. The van der Waals surface area contributed by atoms with Crippen LogP contribution in [0.4, 0.5) is 11.4 Å². The summed E-state index contributed by atoms with van der Waals surface area (Å²) in [5, 5.41) is 12.5. The highest BCUT2D eigenvalue weighted by Crippen LogP contribution is 2.40. The number of aromatic carboxylic acids is 1. The highest BCUT2D eigenvalue weighted by molar-refractivity contribution is 8.00. The molecular weight excluding hydrogens is 260 g/mol. The van der Waals surface area contributed by atoms with E-state index in [1.807, 2.05) is 11.8 Å². The molecule has 4 N–H and O–H groups in total. The minimum absolute atomic E-state index is 0.220. The molecule has 0 aromatic heterocycles. The van der Waals surface area contributed by atoms with E-state index in [0.29, 0.717) is 11.4 Å². The van der Waals surface area contributed by atoms with Crippen molar-refractivity contribution in [1.82, 2.24) is 0 Å². The molecule has 1 aromatic rings. The molecule has 4 nitrogen and oxygen atoms in total. The van der Waals surface area contributed by atoms with Crippen LogP contribution in [0.1, 0.15) is 36.0 Å². The quantitative estimate of drug-likeness (QED) is 0.723. The fourth-order valence-corrected chi connectivity index (χ4v) is 3.58. The van der Waals surface area contributed by atoms with Crippen molar-refractivity contribution in [2.24, 2.45) is 0 Å². The van der Waals surface area contributed by atoms with Crippen molar-refractivity contribution in [3.8, 4) is 0 Å². The molecule has 1 aliphatic carbocycles. The standard InChI is InChI=1S/C14H20N2O2S/c1-19-14(7-2-3-8-14)9-16-12-10(13(17)18)5-4-6-11(12)15/h4-6,16H,2-3,7-9,15H2,1H3,(H,17,18). The van der Waals surface area contributed by atoms with Crippen molar-refractivity contribution in [1.29, 1.82) is 0 Å². The molecule has 1 saturated carbocycles. The summed E-state index contributed by atoms with van der Waals surface area (Å²) in [6.07, 6.45) is 6.98. The fraction of sp³-hybridized carbons (Fsp3) is 0.500. The Morgan fingerprint density at radius 2 is 2.16 bits per heavy atom. The van der Waals surface area contributed by atoms with Crippen molar-refractivity contribution in [2.45, 2.75) is 30.4 Å². The van der Waals surface area contributed by atoms with Gasteiger partial charge in [0.15, 0.2) is 0 Å². The Labute approximate surface area is 117 Å². The molecule has 104 valence electrons. The van der Waals surface area contributed by atoms with Crippen LogP contribution in [0.5, 0.6) is 0 Å². The maximum atomic E-state index is 11.2. The highest BCUT2D eigenvalue weighted by Gasteiger charge is 2.33. The lowest BCUT2D eigenvalue weighted by molar-refractivity contribution is 0.0698.